The number of aryl methyl sites for hydroxylation is 1. The van der Waals surface area contributed by atoms with E-state index in [-0.39, 0.29) is 5.91 Å². The van der Waals surface area contributed by atoms with E-state index < -0.39 is 0 Å². The molecule has 4 nitrogen and oxygen atoms in total. The Morgan fingerprint density at radius 3 is 2.76 bits per heavy atom. The SMILES string of the molecule is CCCNC1CCN(CC(=O)Nc2cccc(C)c2)CC1. The van der Waals surface area contributed by atoms with Gasteiger partial charge in [-0.2, -0.15) is 0 Å². The molecule has 0 saturated carbocycles. The molecule has 0 aliphatic carbocycles. The fraction of sp³-hybridized carbons (Fsp3) is 0.588. The quantitative estimate of drug-likeness (QED) is 0.845. The average Bonchev–Trinajstić information content (AvgIpc) is 2.46. The zero-order chi connectivity index (χ0) is 15.1. The minimum absolute atomic E-state index is 0.0839. The van der Waals surface area contributed by atoms with Gasteiger partial charge in [-0.25, -0.2) is 0 Å². The highest BCUT2D eigenvalue weighted by molar-refractivity contribution is 5.92. The number of amides is 1. The van der Waals surface area contributed by atoms with Crippen LogP contribution < -0.4 is 10.6 Å². The van der Waals surface area contributed by atoms with Crippen molar-refractivity contribution in [1.29, 1.82) is 0 Å². The van der Waals surface area contributed by atoms with E-state index in [9.17, 15) is 4.79 Å². The molecular weight excluding hydrogens is 262 g/mol. The first-order valence-corrected chi connectivity index (χ1v) is 7.99. The molecule has 1 heterocycles. The van der Waals surface area contributed by atoms with Gasteiger partial charge in [0.15, 0.2) is 0 Å². The van der Waals surface area contributed by atoms with Crippen LogP contribution in [0.5, 0.6) is 0 Å². The summed E-state index contributed by atoms with van der Waals surface area (Å²) in [5, 5.41) is 6.54. The number of nitrogens with one attached hydrogen (secondary N) is 2. The molecule has 116 valence electrons. The van der Waals surface area contributed by atoms with Gasteiger partial charge in [0, 0.05) is 24.8 Å². The van der Waals surface area contributed by atoms with Crippen molar-refractivity contribution in [2.24, 2.45) is 0 Å². The van der Waals surface area contributed by atoms with Crippen LogP contribution in [0.2, 0.25) is 0 Å². The van der Waals surface area contributed by atoms with Crippen LogP contribution in [0.1, 0.15) is 31.7 Å². The van der Waals surface area contributed by atoms with E-state index in [1.807, 2.05) is 31.2 Å². The van der Waals surface area contributed by atoms with Gasteiger partial charge in [-0.15, -0.1) is 0 Å². The number of carbonyl (C=O) groups is 1. The van der Waals surface area contributed by atoms with Crippen molar-refractivity contribution in [1.82, 2.24) is 10.2 Å². The number of nitrogens with zero attached hydrogens (tertiary/aromatic N) is 1. The van der Waals surface area contributed by atoms with Crippen molar-refractivity contribution in [2.75, 3.05) is 31.5 Å². The second-order valence-corrected chi connectivity index (χ2v) is 5.92. The summed E-state index contributed by atoms with van der Waals surface area (Å²) in [6, 6.07) is 8.56. The monoisotopic (exact) mass is 289 g/mol. The molecule has 1 fully saturated rings. The highest BCUT2D eigenvalue weighted by atomic mass is 16.2. The first-order valence-electron chi connectivity index (χ1n) is 7.99. The van der Waals surface area contributed by atoms with Crippen molar-refractivity contribution in [2.45, 2.75) is 39.2 Å². The van der Waals surface area contributed by atoms with Gasteiger partial charge in [-0.1, -0.05) is 19.1 Å². The molecular formula is C17H27N3O. The van der Waals surface area contributed by atoms with Crippen LogP contribution >= 0.6 is 0 Å². The van der Waals surface area contributed by atoms with E-state index in [0.717, 1.165) is 43.7 Å². The number of piperidine rings is 1. The number of likely N-dealkylation sites (tertiary alicyclic amines) is 1. The van der Waals surface area contributed by atoms with E-state index in [0.29, 0.717) is 12.6 Å². The van der Waals surface area contributed by atoms with Gasteiger partial charge in [0.05, 0.1) is 6.54 Å². The second kappa shape index (κ2) is 8.15. The normalized spacial score (nSPS) is 16.9. The summed E-state index contributed by atoms with van der Waals surface area (Å²) in [4.78, 5) is 14.3. The molecule has 0 unspecified atom stereocenters. The molecule has 1 aliphatic rings. The topological polar surface area (TPSA) is 44.4 Å². The lowest BCUT2D eigenvalue weighted by Crippen LogP contribution is -2.45. The molecule has 1 aromatic rings. The molecule has 0 atom stereocenters. The molecule has 0 spiro atoms. The van der Waals surface area contributed by atoms with Crippen LogP contribution in [-0.2, 0) is 4.79 Å². The zero-order valence-corrected chi connectivity index (χ0v) is 13.2. The van der Waals surface area contributed by atoms with Gasteiger partial charge in [0.25, 0.3) is 0 Å². The lowest BCUT2D eigenvalue weighted by molar-refractivity contribution is -0.117. The Balaban J connectivity index is 1.72. The van der Waals surface area contributed by atoms with Crippen LogP contribution in [0.25, 0.3) is 0 Å². The van der Waals surface area contributed by atoms with Gasteiger partial charge in [0.2, 0.25) is 5.91 Å². The van der Waals surface area contributed by atoms with Crippen LogP contribution in [0.15, 0.2) is 24.3 Å². The predicted octanol–water partition coefficient (Wildman–Crippen LogP) is 2.40. The molecule has 1 saturated heterocycles. The summed E-state index contributed by atoms with van der Waals surface area (Å²) in [6.45, 7) is 7.82. The Morgan fingerprint density at radius 2 is 2.10 bits per heavy atom. The minimum Gasteiger partial charge on any atom is -0.325 e. The van der Waals surface area contributed by atoms with Crippen LogP contribution in [-0.4, -0.2) is 43.0 Å². The van der Waals surface area contributed by atoms with E-state index in [1.54, 1.807) is 0 Å². The van der Waals surface area contributed by atoms with Gasteiger partial charge in [-0.3, -0.25) is 9.69 Å². The third-order valence-corrected chi connectivity index (χ3v) is 3.94. The molecule has 2 rings (SSSR count). The Hall–Kier alpha value is -1.39. The third-order valence-electron chi connectivity index (χ3n) is 3.94. The Bertz CT molecular complexity index is 453. The fourth-order valence-corrected chi connectivity index (χ4v) is 2.77. The van der Waals surface area contributed by atoms with Crippen molar-refractivity contribution in [3.63, 3.8) is 0 Å². The summed E-state index contributed by atoms with van der Waals surface area (Å²) in [6.07, 6.45) is 3.45. The molecule has 4 heteroatoms. The lowest BCUT2D eigenvalue weighted by Gasteiger charge is -2.31. The molecule has 0 radical (unpaired) electrons. The second-order valence-electron chi connectivity index (χ2n) is 5.92. The van der Waals surface area contributed by atoms with Crippen LogP contribution in [0, 0.1) is 6.92 Å². The fourth-order valence-electron chi connectivity index (χ4n) is 2.77. The third kappa shape index (κ3) is 5.48. The Labute approximate surface area is 127 Å². The highest BCUT2D eigenvalue weighted by Crippen LogP contribution is 2.12. The number of rotatable bonds is 6. The molecule has 0 bridgehead atoms. The Morgan fingerprint density at radius 1 is 1.33 bits per heavy atom. The molecule has 2 N–H and O–H groups in total. The smallest absolute Gasteiger partial charge is 0.238 e. The maximum Gasteiger partial charge on any atom is 0.238 e. The van der Waals surface area contributed by atoms with E-state index in [4.69, 9.17) is 0 Å². The highest BCUT2D eigenvalue weighted by Gasteiger charge is 2.20. The van der Waals surface area contributed by atoms with Gasteiger partial charge in [-0.05, 0) is 50.4 Å². The van der Waals surface area contributed by atoms with Crippen LogP contribution in [0.3, 0.4) is 0 Å². The summed E-state index contributed by atoms with van der Waals surface area (Å²) >= 11 is 0. The number of hydrogen-bond donors (Lipinski definition) is 2. The standard InChI is InChI=1S/C17H27N3O/c1-3-9-18-15-7-10-20(11-8-15)13-17(21)19-16-6-4-5-14(2)12-16/h4-6,12,15,18H,3,7-11,13H2,1-2H3,(H,19,21). The van der Waals surface area contributed by atoms with Gasteiger partial charge >= 0.3 is 0 Å². The summed E-state index contributed by atoms with van der Waals surface area (Å²) in [7, 11) is 0. The van der Waals surface area contributed by atoms with Crippen molar-refractivity contribution < 1.29 is 4.79 Å². The van der Waals surface area contributed by atoms with Crippen molar-refractivity contribution in [3.8, 4) is 0 Å². The molecule has 0 aromatic heterocycles. The molecule has 1 amide bonds. The summed E-state index contributed by atoms with van der Waals surface area (Å²) in [5.74, 6) is 0.0839. The minimum atomic E-state index is 0.0839. The van der Waals surface area contributed by atoms with Crippen molar-refractivity contribution >= 4 is 11.6 Å². The van der Waals surface area contributed by atoms with E-state index in [1.165, 1.54) is 6.42 Å². The molecule has 1 aliphatic heterocycles. The molecule has 21 heavy (non-hydrogen) atoms. The summed E-state index contributed by atoms with van der Waals surface area (Å²) < 4.78 is 0. The number of carbonyl (C=O) groups excluding carboxylic acids is 1. The maximum atomic E-state index is 12.1. The first kappa shape index (κ1) is 16.0. The lowest BCUT2D eigenvalue weighted by atomic mass is 10.0. The summed E-state index contributed by atoms with van der Waals surface area (Å²) in [5.41, 5.74) is 2.05. The number of hydrogen-bond acceptors (Lipinski definition) is 3. The van der Waals surface area contributed by atoms with Gasteiger partial charge in [0.1, 0.15) is 0 Å². The Kier molecular flexibility index (Phi) is 6.21. The predicted molar refractivity (Wildman–Crippen MR) is 87.6 cm³/mol. The van der Waals surface area contributed by atoms with E-state index in [2.05, 4.69) is 22.5 Å². The average molecular weight is 289 g/mol. The number of anilines is 1. The number of benzene rings is 1. The van der Waals surface area contributed by atoms with Crippen molar-refractivity contribution in [3.05, 3.63) is 29.8 Å². The van der Waals surface area contributed by atoms with Gasteiger partial charge < -0.3 is 10.6 Å². The first-order chi connectivity index (χ1) is 10.2. The van der Waals surface area contributed by atoms with E-state index >= 15 is 0 Å². The largest absolute Gasteiger partial charge is 0.325 e. The zero-order valence-electron chi connectivity index (χ0n) is 13.2. The van der Waals surface area contributed by atoms with Crippen LogP contribution in [0.4, 0.5) is 5.69 Å². The molecule has 1 aromatic carbocycles. The maximum absolute atomic E-state index is 12.1.